The molecule has 2 aromatic heterocycles. The lowest BCUT2D eigenvalue weighted by Gasteiger charge is -2.33. The molecule has 1 atom stereocenters. The van der Waals surface area contributed by atoms with Crippen LogP contribution in [0.3, 0.4) is 0 Å². The van der Waals surface area contributed by atoms with Crippen molar-refractivity contribution >= 4 is 23.0 Å². The summed E-state index contributed by atoms with van der Waals surface area (Å²) in [7, 11) is 1.78. The Morgan fingerprint density at radius 3 is 2.84 bits per heavy atom. The Kier molecular flexibility index (Phi) is 5.15. The van der Waals surface area contributed by atoms with E-state index in [1.165, 1.54) is 0 Å². The molecule has 0 spiro atoms. The largest absolute Gasteiger partial charge is 0.379 e. The number of carbonyl (C=O) groups excluding carboxylic acids is 1. The summed E-state index contributed by atoms with van der Waals surface area (Å²) in [5.74, 6) is 0.875. The fourth-order valence-corrected chi connectivity index (χ4v) is 4.78. The Bertz CT molecular complexity index is 1190. The third kappa shape index (κ3) is 3.63. The summed E-state index contributed by atoms with van der Waals surface area (Å²) < 4.78 is 29.9. The lowest BCUT2D eigenvalue weighted by Crippen LogP contribution is -2.27. The normalized spacial score (nSPS) is 18.2. The zero-order valence-corrected chi connectivity index (χ0v) is 18.1. The van der Waals surface area contributed by atoms with Crippen LogP contribution < -0.4 is 10.2 Å². The number of fused-ring (bicyclic) bond motifs is 2. The summed E-state index contributed by atoms with van der Waals surface area (Å²) in [6.07, 6.45) is 4.96. The first-order valence-electron chi connectivity index (χ1n) is 10.9. The second-order valence-corrected chi connectivity index (χ2v) is 8.66. The van der Waals surface area contributed by atoms with Crippen molar-refractivity contribution in [3.8, 4) is 11.1 Å². The summed E-state index contributed by atoms with van der Waals surface area (Å²) in [6, 6.07) is 5.33. The van der Waals surface area contributed by atoms with Crippen LogP contribution in [0.25, 0.3) is 11.1 Å². The number of carbonyl (C=O) groups is 1. The molecular formula is C24H25F2N5O. The van der Waals surface area contributed by atoms with Gasteiger partial charge in [-0.1, -0.05) is 0 Å². The number of pyridine rings is 1. The van der Waals surface area contributed by atoms with Gasteiger partial charge in [-0.15, -0.1) is 0 Å². The van der Waals surface area contributed by atoms with Crippen molar-refractivity contribution in [1.29, 1.82) is 0 Å². The summed E-state index contributed by atoms with van der Waals surface area (Å²) >= 11 is 0. The first-order valence-corrected chi connectivity index (χ1v) is 10.9. The maximum atomic E-state index is 14.1. The molecule has 5 rings (SSSR count). The molecule has 166 valence electrons. The van der Waals surface area contributed by atoms with E-state index in [2.05, 4.69) is 15.4 Å². The molecule has 0 unspecified atom stereocenters. The number of ketones is 1. The predicted molar refractivity (Wildman–Crippen MR) is 120 cm³/mol. The molecule has 8 heteroatoms. The lowest BCUT2D eigenvalue weighted by molar-refractivity contribution is -0.118. The Hall–Kier alpha value is -3.29. The number of Topliss-reactive ketones (excluding diaryl/α,β-unsaturated/α-hetero) is 1. The van der Waals surface area contributed by atoms with Crippen LogP contribution in [0.4, 0.5) is 26.0 Å². The summed E-state index contributed by atoms with van der Waals surface area (Å²) in [4.78, 5) is 18.9. The molecular weight excluding hydrogens is 412 g/mol. The van der Waals surface area contributed by atoms with E-state index in [0.29, 0.717) is 36.3 Å². The number of halogens is 2. The van der Waals surface area contributed by atoms with Crippen molar-refractivity contribution in [2.24, 2.45) is 7.05 Å². The topological polar surface area (TPSA) is 63.1 Å². The maximum Gasteiger partial charge on any atom is 0.264 e. The second-order valence-electron chi connectivity index (χ2n) is 8.66. The number of rotatable bonds is 3. The zero-order chi connectivity index (χ0) is 22.4. The number of nitrogens with zero attached hydrogens (tertiary/aromatic N) is 4. The van der Waals surface area contributed by atoms with Gasteiger partial charge in [0.15, 0.2) is 5.82 Å². The van der Waals surface area contributed by atoms with Crippen molar-refractivity contribution in [2.45, 2.75) is 45.1 Å². The third-order valence-corrected chi connectivity index (χ3v) is 6.21. The minimum absolute atomic E-state index is 0.0119. The smallest absolute Gasteiger partial charge is 0.264 e. The molecule has 0 bridgehead atoms. The average molecular weight is 437 g/mol. The number of anilines is 3. The van der Waals surface area contributed by atoms with Crippen molar-refractivity contribution in [1.82, 2.24) is 14.8 Å². The molecule has 0 radical (unpaired) electrons. The van der Waals surface area contributed by atoms with Crippen molar-refractivity contribution in [3.05, 3.63) is 53.5 Å². The van der Waals surface area contributed by atoms with E-state index in [1.807, 2.05) is 24.0 Å². The standard InChI is InChI=1S/C24H25F2N5O/c1-14-8-18(32)9-16-5-6-27-24(22(16)29-14)31-7-3-4-15-10-19(17-12-28-30(2)13-17)20(23(25)26)11-21(15)31/h5-6,10-14,23,29H,3-4,7-9H2,1-2H3/t14-/m1/s1. The number of aryl methyl sites for hydroxylation is 2. The minimum atomic E-state index is -2.61. The molecule has 32 heavy (non-hydrogen) atoms. The van der Waals surface area contributed by atoms with Gasteiger partial charge in [0.1, 0.15) is 5.78 Å². The van der Waals surface area contributed by atoms with E-state index < -0.39 is 6.43 Å². The highest BCUT2D eigenvalue weighted by Gasteiger charge is 2.29. The summed E-state index contributed by atoms with van der Waals surface area (Å²) in [5.41, 5.74) is 4.68. The van der Waals surface area contributed by atoms with Gasteiger partial charge in [-0.25, -0.2) is 13.8 Å². The number of alkyl halides is 2. The SMILES string of the molecule is C[C@@H]1CC(=O)Cc2ccnc(N3CCCc4cc(-c5cnn(C)c5)c(C(F)F)cc43)c2N1. The lowest BCUT2D eigenvalue weighted by atomic mass is 9.93. The van der Waals surface area contributed by atoms with Crippen molar-refractivity contribution in [2.75, 3.05) is 16.8 Å². The average Bonchev–Trinajstić information content (AvgIpc) is 3.12. The van der Waals surface area contributed by atoms with Gasteiger partial charge in [-0.05, 0) is 54.7 Å². The quantitative estimate of drug-likeness (QED) is 0.637. The molecule has 0 aliphatic carbocycles. The molecule has 1 aromatic carbocycles. The van der Waals surface area contributed by atoms with Crippen LogP contribution in [0, 0.1) is 0 Å². The van der Waals surface area contributed by atoms with Gasteiger partial charge in [-0.3, -0.25) is 9.48 Å². The Balaban J connectivity index is 1.64. The van der Waals surface area contributed by atoms with E-state index >= 15 is 0 Å². The monoisotopic (exact) mass is 437 g/mol. The molecule has 0 saturated carbocycles. The second kappa shape index (κ2) is 8.00. The van der Waals surface area contributed by atoms with Crippen LogP contribution in [-0.4, -0.2) is 33.1 Å². The molecule has 6 nitrogen and oxygen atoms in total. The van der Waals surface area contributed by atoms with E-state index in [4.69, 9.17) is 0 Å². The summed E-state index contributed by atoms with van der Waals surface area (Å²) in [6.45, 7) is 2.65. The minimum Gasteiger partial charge on any atom is -0.379 e. The van der Waals surface area contributed by atoms with E-state index in [-0.39, 0.29) is 17.4 Å². The van der Waals surface area contributed by atoms with Crippen LogP contribution in [0.1, 0.15) is 42.9 Å². The highest BCUT2D eigenvalue weighted by Crippen LogP contribution is 2.43. The molecule has 1 N–H and O–H groups in total. The van der Waals surface area contributed by atoms with Crippen LogP contribution >= 0.6 is 0 Å². The van der Waals surface area contributed by atoms with Crippen LogP contribution in [-0.2, 0) is 24.7 Å². The Morgan fingerprint density at radius 2 is 2.09 bits per heavy atom. The first kappa shape index (κ1) is 20.6. The van der Waals surface area contributed by atoms with E-state index in [1.54, 1.807) is 36.4 Å². The molecule has 2 aliphatic heterocycles. The number of benzene rings is 1. The Morgan fingerprint density at radius 1 is 1.25 bits per heavy atom. The van der Waals surface area contributed by atoms with Crippen LogP contribution in [0.2, 0.25) is 0 Å². The fourth-order valence-electron chi connectivity index (χ4n) is 4.78. The Labute approximate surface area is 185 Å². The van der Waals surface area contributed by atoms with Gasteiger partial charge in [0.2, 0.25) is 0 Å². The number of nitrogens with one attached hydrogen (secondary N) is 1. The highest BCUT2D eigenvalue weighted by molar-refractivity contribution is 5.88. The van der Waals surface area contributed by atoms with E-state index in [9.17, 15) is 13.6 Å². The third-order valence-electron chi connectivity index (χ3n) is 6.21. The molecule has 4 heterocycles. The molecule has 0 fully saturated rings. The van der Waals surface area contributed by atoms with Gasteiger partial charge in [0.05, 0.1) is 11.9 Å². The van der Waals surface area contributed by atoms with Crippen molar-refractivity contribution in [3.63, 3.8) is 0 Å². The number of hydrogen-bond donors (Lipinski definition) is 1. The van der Waals surface area contributed by atoms with E-state index in [0.717, 1.165) is 35.3 Å². The van der Waals surface area contributed by atoms with Crippen molar-refractivity contribution < 1.29 is 13.6 Å². The zero-order valence-electron chi connectivity index (χ0n) is 18.1. The summed E-state index contributed by atoms with van der Waals surface area (Å²) in [5, 5.41) is 7.60. The van der Waals surface area contributed by atoms with Crippen LogP contribution in [0.5, 0.6) is 0 Å². The first-order chi connectivity index (χ1) is 15.4. The predicted octanol–water partition coefficient (Wildman–Crippen LogP) is 4.82. The molecule has 3 aromatic rings. The number of hydrogen-bond acceptors (Lipinski definition) is 5. The van der Waals surface area contributed by atoms with Gasteiger partial charge >= 0.3 is 0 Å². The fraction of sp³-hybridized carbons (Fsp3) is 0.375. The van der Waals surface area contributed by atoms with Crippen LogP contribution in [0.15, 0.2) is 36.8 Å². The maximum absolute atomic E-state index is 14.1. The molecule has 0 amide bonds. The molecule has 0 saturated heterocycles. The van der Waals surface area contributed by atoms with Gasteiger partial charge in [0.25, 0.3) is 6.43 Å². The van der Waals surface area contributed by atoms with Gasteiger partial charge in [0, 0.05) is 61.7 Å². The highest BCUT2D eigenvalue weighted by atomic mass is 19.3. The molecule has 2 aliphatic rings. The number of aromatic nitrogens is 3. The van der Waals surface area contributed by atoms with Gasteiger partial charge in [-0.2, -0.15) is 5.10 Å². The van der Waals surface area contributed by atoms with Gasteiger partial charge < -0.3 is 10.2 Å².